The molecular formula is C5H9ClO3. The second-order valence-corrected chi connectivity index (χ2v) is 2.02. The van der Waals surface area contributed by atoms with Crippen molar-refractivity contribution in [3.05, 3.63) is 0 Å². The van der Waals surface area contributed by atoms with Crippen LogP contribution in [0.25, 0.3) is 0 Å². The molecule has 3 nitrogen and oxygen atoms in total. The Morgan fingerprint density at radius 1 is 1.67 bits per heavy atom. The van der Waals surface area contributed by atoms with Crippen LogP contribution in [-0.2, 0) is 9.47 Å². The Labute approximate surface area is 58.9 Å². The molecular weight excluding hydrogens is 144 g/mol. The lowest BCUT2D eigenvalue weighted by Gasteiger charge is -2.04. The van der Waals surface area contributed by atoms with E-state index in [4.69, 9.17) is 16.3 Å². The highest BCUT2D eigenvalue weighted by Crippen LogP contribution is 1.91. The van der Waals surface area contributed by atoms with Gasteiger partial charge in [-0.25, -0.2) is 4.79 Å². The number of hydrogen-bond acceptors (Lipinski definition) is 3. The minimum atomic E-state index is -0.837. The van der Waals surface area contributed by atoms with Crippen molar-refractivity contribution in [3.63, 3.8) is 0 Å². The Hall–Kier alpha value is -0.280. The van der Waals surface area contributed by atoms with Gasteiger partial charge in [0, 0.05) is 11.6 Å². The van der Waals surface area contributed by atoms with Crippen molar-refractivity contribution >= 4 is 17.0 Å². The predicted octanol–water partition coefficient (Wildman–Crippen LogP) is 1.74. The number of ether oxygens (including phenoxy) is 2. The van der Waals surface area contributed by atoms with Crippen molar-refractivity contribution in [2.45, 2.75) is 20.0 Å². The van der Waals surface area contributed by atoms with Gasteiger partial charge in [0.25, 0.3) is 0 Å². The summed E-state index contributed by atoms with van der Waals surface area (Å²) >= 11 is 4.82. The predicted molar refractivity (Wildman–Crippen MR) is 33.4 cm³/mol. The largest absolute Gasteiger partial charge is 0.426 e. The van der Waals surface area contributed by atoms with Gasteiger partial charge in [-0.05, 0) is 13.8 Å². The maximum atomic E-state index is 9.89. The molecule has 0 fully saturated rings. The molecule has 0 aliphatic carbocycles. The van der Waals surface area contributed by atoms with E-state index in [0.717, 1.165) is 0 Å². The highest BCUT2D eigenvalue weighted by Gasteiger charge is 1.95. The molecule has 0 amide bonds. The second-order valence-electron chi connectivity index (χ2n) is 1.72. The summed E-state index contributed by atoms with van der Waals surface area (Å²) in [5.41, 5.74) is -0.837. The second kappa shape index (κ2) is 4.58. The fourth-order valence-electron chi connectivity index (χ4n) is 0.216. The van der Waals surface area contributed by atoms with Crippen LogP contribution in [0.5, 0.6) is 0 Å². The molecule has 0 aromatic carbocycles. The van der Waals surface area contributed by atoms with Gasteiger partial charge in [-0.3, -0.25) is 0 Å². The molecule has 0 heterocycles. The van der Waals surface area contributed by atoms with E-state index in [9.17, 15) is 4.79 Å². The molecule has 0 saturated heterocycles. The molecule has 54 valence electrons. The molecule has 9 heavy (non-hydrogen) atoms. The SMILES string of the molecule is CC(C)OCOC(=O)Cl. The third-order valence-electron chi connectivity index (χ3n) is 0.574. The minimum absolute atomic E-state index is 0.0565. The van der Waals surface area contributed by atoms with Crippen LogP contribution >= 0.6 is 11.6 Å². The Morgan fingerprint density at radius 2 is 2.22 bits per heavy atom. The van der Waals surface area contributed by atoms with Gasteiger partial charge in [0.1, 0.15) is 0 Å². The first-order valence-electron chi connectivity index (χ1n) is 2.56. The van der Waals surface area contributed by atoms with Crippen LogP contribution in [0.1, 0.15) is 13.8 Å². The molecule has 4 heteroatoms. The van der Waals surface area contributed by atoms with Gasteiger partial charge < -0.3 is 9.47 Å². The van der Waals surface area contributed by atoms with Crippen LogP contribution < -0.4 is 0 Å². The van der Waals surface area contributed by atoms with Crippen LogP contribution in [0.2, 0.25) is 0 Å². The van der Waals surface area contributed by atoms with Crippen molar-refractivity contribution < 1.29 is 14.3 Å². The topological polar surface area (TPSA) is 35.5 Å². The number of hydrogen-bond donors (Lipinski definition) is 0. The first-order valence-corrected chi connectivity index (χ1v) is 2.94. The average molecular weight is 153 g/mol. The van der Waals surface area contributed by atoms with Crippen molar-refractivity contribution in [2.24, 2.45) is 0 Å². The molecule has 0 aliphatic heterocycles. The van der Waals surface area contributed by atoms with Crippen molar-refractivity contribution in [1.82, 2.24) is 0 Å². The van der Waals surface area contributed by atoms with Crippen molar-refractivity contribution in [2.75, 3.05) is 6.79 Å². The van der Waals surface area contributed by atoms with Gasteiger partial charge in [0.05, 0.1) is 6.10 Å². The van der Waals surface area contributed by atoms with E-state index in [1.54, 1.807) is 0 Å². The maximum absolute atomic E-state index is 9.89. The van der Waals surface area contributed by atoms with Gasteiger partial charge in [0.15, 0.2) is 6.79 Å². The lowest BCUT2D eigenvalue weighted by atomic mass is 10.5. The molecule has 0 aliphatic rings. The zero-order valence-electron chi connectivity index (χ0n) is 5.39. The first-order chi connectivity index (χ1) is 4.13. The molecule has 0 atom stereocenters. The lowest BCUT2D eigenvalue weighted by Crippen LogP contribution is -2.07. The maximum Gasteiger partial charge on any atom is 0.405 e. The van der Waals surface area contributed by atoms with Crippen molar-refractivity contribution in [3.8, 4) is 0 Å². The van der Waals surface area contributed by atoms with E-state index in [0.29, 0.717) is 0 Å². The average Bonchev–Trinajstić information content (AvgIpc) is 1.63. The molecule has 0 bridgehead atoms. The fraction of sp³-hybridized carbons (Fsp3) is 0.800. The zero-order valence-corrected chi connectivity index (χ0v) is 6.14. The number of rotatable bonds is 3. The van der Waals surface area contributed by atoms with Crippen LogP contribution in [0.15, 0.2) is 0 Å². The molecule has 0 unspecified atom stereocenters. The Bertz CT molecular complexity index is 92.2. The van der Waals surface area contributed by atoms with Gasteiger partial charge in [-0.2, -0.15) is 0 Å². The summed E-state index contributed by atoms with van der Waals surface area (Å²) in [4.78, 5) is 9.89. The van der Waals surface area contributed by atoms with Crippen LogP contribution in [0, 0.1) is 0 Å². The monoisotopic (exact) mass is 152 g/mol. The summed E-state index contributed by atoms with van der Waals surface area (Å²) in [6, 6.07) is 0. The van der Waals surface area contributed by atoms with Crippen molar-refractivity contribution in [1.29, 1.82) is 0 Å². The Kier molecular flexibility index (Phi) is 4.44. The summed E-state index contributed by atoms with van der Waals surface area (Å²) in [5, 5.41) is 0. The summed E-state index contributed by atoms with van der Waals surface area (Å²) in [5.74, 6) is 0. The van der Waals surface area contributed by atoms with E-state index in [1.807, 2.05) is 13.8 Å². The fourth-order valence-corrected chi connectivity index (χ4v) is 0.261. The molecule has 0 rings (SSSR count). The highest BCUT2D eigenvalue weighted by atomic mass is 35.5. The van der Waals surface area contributed by atoms with Gasteiger partial charge in [-0.15, -0.1) is 0 Å². The van der Waals surface area contributed by atoms with Gasteiger partial charge >= 0.3 is 5.43 Å². The van der Waals surface area contributed by atoms with E-state index >= 15 is 0 Å². The van der Waals surface area contributed by atoms with Gasteiger partial charge in [-0.1, -0.05) is 0 Å². The standard InChI is InChI=1S/C5H9ClO3/c1-4(2)8-3-9-5(6)7/h4H,3H2,1-2H3. The third kappa shape index (κ3) is 7.72. The van der Waals surface area contributed by atoms with Crippen LogP contribution in [-0.4, -0.2) is 18.3 Å². The van der Waals surface area contributed by atoms with Crippen LogP contribution in [0.3, 0.4) is 0 Å². The summed E-state index contributed by atoms with van der Waals surface area (Å²) in [6.07, 6.45) is 0.0565. The van der Waals surface area contributed by atoms with Crippen LogP contribution in [0.4, 0.5) is 4.79 Å². The minimum Gasteiger partial charge on any atom is -0.426 e. The quantitative estimate of drug-likeness (QED) is 0.457. The Morgan fingerprint density at radius 3 is 2.56 bits per heavy atom. The number of halogens is 1. The third-order valence-corrected chi connectivity index (χ3v) is 0.683. The molecule has 0 aromatic heterocycles. The zero-order chi connectivity index (χ0) is 7.28. The normalized spacial score (nSPS) is 9.78. The molecule has 0 saturated carbocycles. The number of carbonyl (C=O) groups is 1. The van der Waals surface area contributed by atoms with Gasteiger partial charge in [0.2, 0.25) is 0 Å². The lowest BCUT2D eigenvalue weighted by molar-refractivity contribution is -0.0365. The van der Waals surface area contributed by atoms with E-state index in [-0.39, 0.29) is 12.9 Å². The van der Waals surface area contributed by atoms with E-state index in [2.05, 4.69) is 4.74 Å². The van der Waals surface area contributed by atoms with E-state index < -0.39 is 5.43 Å². The molecule has 0 spiro atoms. The first kappa shape index (κ1) is 8.72. The summed E-state index contributed by atoms with van der Waals surface area (Å²) in [6.45, 7) is 3.60. The van der Waals surface area contributed by atoms with E-state index in [1.165, 1.54) is 0 Å². The molecule has 0 radical (unpaired) electrons. The Balaban J connectivity index is 3.01. The highest BCUT2D eigenvalue weighted by molar-refractivity contribution is 6.61. The molecule has 0 N–H and O–H groups in total. The summed E-state index contributed by atoms with van der Waals surface area (Å²) < 4.78 is 9.08. The number of carbonyl (C=O) groups excluding carboxylic acids is 1. The smallest absolute Gasteiger partial charge is 0.405 e. The summed E-state index contributed by atoms with van der Waals surface area (Å²) in [7, 11) is 0. The molecule has 0 aromatic rings.